The minimum atomic E-state index is 0.906. The molecule has 74 valence electrons. The summed E-state index contributed by atoms with van der Waals surface area (Å²) in [5.41, 5.74) is 0.906. The van der Waals surface area contributed by atoms with Crippen LogP contribution in [0.1, 0.15) is 58.3 Å². The number of hydrogen-bond donors (Lipinski definition) is 0. The third kappa shape index (κ3) is 1.25. The maximum Gasteiger partial charge on any atom is -0.0266 e. The van der Waals surface area contributed by atoms with Crippen LogP contribution >= 0.6 is 0 Å². The molecule has 0 aromatic rings. The Labute approximate surface area is 82.1 Å². The van der Waals surface area contributed by atoms with Gasteiger partial charge in [0.25, 0.3) is 0 Å². The van der Waals surface area contributed by atoms with Crippen molar-refractivity contribution < 1.29 is 0 Å². The van der Waals surface area contributed by atoms with E-state index in [0.717, 1.165) is 23.2 Å². The molecule has 0 radical (unpaired) electrons. The van der Waals surface area contributed by atoms with Crippen LogP contribution in [0.2, 0.25) is 0 Å². The van der Waals surface area contributed by atoms with Crippen molar-refractivity contribution in [1.82, 2.24) is 0 Å². The van der Waals surface area contributed by atoms with Crippen molar-refractivity contribution in [3.05, 3.63) is 0 Å². The van der Waals surface area contributed by atoms with E-state index in [1.54, 1.807) is 44.9 Å². The largest absolute Gasteiger partial charge is 0.0625 e. The fourth-order valence-electron chi connectivity index (χ4n) is 4.31. The minimum absolute atomic E-state index is 0.906. The third-order valence-corrected chi connectivity index (χ3v) is 5.17. The molecule has 3 aliphatic carbocycles. The number of fused-ring (bicyclic) bond motifs is 2. The van der Waals surface area contributed by atoms with Gasteiger partial charge in [-0.25, -0.2) is 0 Å². The van der Waals surface area contributed by atoms with Gasteiger partial charge in [-0.15, -0.1) is 0 Å². The van der Waals surface area contributed by atoms with E-state index < -0.39 is 0 Å². The van der Waals surface area contributed by atoms with Crippen molar-refractivity contribution >= 4 is 0 Å². The molecular weight excluding hydrogens is 156 g/mol. The van der Waals surface area contributed by atoms with E-state index in [1.807, 2.05) is 0 Å². The standard InChI is InChI=1S/C13H22/c1-10-4-5-12-11(9-10)3-2-6-13(12)7-8-13/h10-12H,2-9H2,1H3/t10-,11-,12+/m1/s1. The molecule has 3 aliphatic rings. The van der Waals surface area contributed by atoms with Crippen LogP contribution in [0.5, 0.6) is 0 Å². The fourth-order valence-corrected chi connectivity index (χ4v) is 4.31. The van der Waals surface area contributed by atoms with Crippen LogP contribution in [0.4, 0.5) is 0 Å². The van der Waals surface area contributed by atoms with Crippen LogP contribution in [-0.2, 0) is 0 Å². The SMILES string of the molecule is C[C@@H]1CC[C@H]2[C@H](CCCC23CC3)C1. The van der Waals surface area contributed by atoms with Gasteiger partial charge in [-0.1, -0.05) is 26.2 Å². The van der Waals surface area contributed by atoms with E-state index >= 15 is 0 Å². The lowest BCUT2D eigenvalue weighted by Crippen LogP contribution is -2.34. The second-order valence-corrected chi connectivity index (χ2v) is 6.04. The van der Waals surface area contributed by atoms with E-state index in [4.69, 9.17) is 0 Å². The van der Waals surface area contributed by atoms with Crippen LogP contribution in [0, 0.1) is 23.2 Å². The maximum absolute atomic E-state index is 2.46. The van der Waals surface area contributed by atoms with Crippen LogP contribution in [-0.4, -0.2) is 0 Å². The lowest BCUT2D eigenvalue weighted by Gasteiger charge is -2.44. The Balaban J connectivity index is 1.77. The molecule has 0 bridgehead atoms. The summed E-state index contributed by atoms with van der Waals surface area (Å²) in [6.45, 7) is 2.46. The van der Waals surface area contributed by atoms with E-state index in [-0.39, 0.29) is 0 Å². The van der Waals surface area contributed by atoms with Crippen LogP contribution in [0.15, 0.2) is 0 Å². The Morgan fingerprint density at radius 3 is 2.62 bits per heavy atom. The first-order valence-corrected chi connectivity index (χ1v) is 6.30. The first-order valence-electron chi connectivity index (χ1n) is 6.30. The molecular formula is C13H22. The average molecular weight is 178 g/mol. The normalized spacial score (nSPS) is 47.3. The summed E-state index contributed by atoms with van der Waals surface area (Å²) < 4.78 is 0. The van der Waals surface area contributed by atoms with Gasteiger partial charge in [-0.3, -0.25) is 0 Å². The summed E-state index contributed by atoms with van der Waals surface area (Å²) in [5.74, 6) is 3.34. The highest BCUT2D eigenvalue weighted by Gasteiger charge is 2.53. The van der Waals surface area contributed by atoms with E-state index in [0.29, 0.717) is 0 Å². The van der Waals surface area contributed by atoms with Gasteiger partial charge < -0.3 is 0 Å². The Hall–Kier alpha value is 0. The molecule has 13 heavy (non-hydrogen) atoms. The zero-order valence-corrected chi connectivity index (χ0v) is 8.89. The highest BCUT2D eigenvalue weighted by Crippen LogP contribution is 2.64. The van der Waals surface area contributed by atoms with Gasteiger partial charge in [0.1, 0.15) is 0 Å². The molecule has 0 nitrogen and oxygen atoms in total. The highest BCUT2D eigenvalue weighted by molar-refractivity contribution is 5.04. The quantitative estimate of drug-likeness (QED) is 0.526. The monoisotopic (exact) mass is 178 g/mol. The lowest BCUT2D eigenvalue weighted by molar-refractivity contribution is 0.0653. The number of rotatable bonds is 0. The second-order valence-electron chi connectivity index (χ2n) is 6.04. The predicted octanol–water partition coefficient (Wildman–Crippen LogP) is 4.00. The van der Waals surface area contributed by atoms with Gasteiger partial charge >= 0.3 is 0 Å². The molecule has 0 saturated heterocycles. The zero-order valence-electron chi connectivity index (χ0n) is 8.89. The predicted molar refractivity (Wildman–Crippen MR) is 55.5 cm³/mol. The van der Waals surface area contributed by atoms with Gasteiger partial charge in [-0.05, 0) is 55.3 Å². The third-order valence-electron chi connectivity index (χ3n) is 5.17. The summed E-state index contributed by atoms with van der Waals surface area (Å²) in [6.07, 6.45) is 12.5. The Morgan fingerprint density at radius 1 is 1.00 bits per heavy atom. The molecule has 3 fully saturated rings. The van der Waals surface area contributed by atoms with Crippen molar-refractivity contribution in [2.75, 3.05) is 0 Å². The highest BCUT2D eigenvalue weighted by atomic mass is 14.6. The maximum atomic E-state index is 2.46. The van der Waals surface area contributed by atoms with Crippen molar-refractivity contribution in [2.24, 2.45) is 23.2 Å². The summed E-state index contributed by atoms with van der Waals surface area (Å²) >= 11 is 0. The van der Waals surface area contributed by atoms with Crippen molar-refractivity contribution in [2.45, 2.75) is 58.3 Å². The molecule has 0 amide bonds. The first-order chi connectivity index (χ1) is 6.30. The Kier molecular flexibility index (Phi) is 1.76. The first kappa shape index (κ1) is 8.32. The van der Waals surface area contributed by atoms with E-state index in [2.05, 4.69) is 6.92 Å². The molecule has 1 spiro atoms. The average Bonchev–Trinajstić information content (AvgIpc) is 2.86. The summed E-state index contributed by atoms with van der Waals surface area (Å²) in [7, 11) is 0. The van der Waals surface area contributed by atoms with Crippen molar-refractivity contribution in [1.29, 1.82) is 0 Å². The van der Waals surface area contributed by atoms with Crippen LogP contribution in [0.25, 0.3) is 0 Å². The van der Waals surface area contributed by atoms with E-state index in [1.165, 1.54) is 6.42 Å². The van der Waals surface area contributed by atoms with Crippen molar-refractivity contribution in [3.63, 3.8) is 0 Å². The second kappa shape index (κ2) is 2.74. The smallest absolute Gasteiger partial charge is 0.0266 e. The number of hydrogen-bond acceptors (Lipinski definition) is 0. The topological polar surface area (TPSA) is 0 Å². The van der Waals surface area contributed by atoms with Gasteiger partial charge in [0.15, 0.2) is 0 Å². The molecule has 0 N–H and O–H groups in total. The molecule has 0 heteroatoms. The molecule has 0 unspecified atom stereocenters. The van der Waals surface area contributed by atoms with Gasteiger partial charge in [0.2, 0.25) is 0 Å². The molecule has 0 heterocycles. The van der Waals surface area contributed by atoms with E-state index in [9.17, 15) is 0 Å². The Morgan fingerprint density at radius 2 is 1.85 bits per heavy atom. The molecule has 3 rings (SSSR count). The summed E-state index contributed by atoms with van der Waals surface area (Å²) in [4.78, 5) is 0. The summed E-state index contributed by atoms with van der Waals surface area (Å²) in [6, 6.07) is 0. The van der Waals surface area contributed by atoms with Gasteiger partial charge in [0, 0.05) is 0 Å². The van der Waals surface area contributed by atoms with Crippen molar-refractivity contribution in [3.8, 4) is 0 Å². The van der Waals surface area contributed by atoms with Crippen LogP contribution < -0.4 is 0 Å². The molecule has 0 aliphatic heterocycles. The van der Waals surface area contributed by atoms with Gasteiger partial charge in [-0.2, -0.15) is 0 Å². The Bertz CT molecular complexity index is 202. The molecule has 3 atom stereocenters. The van der Waals surface area contributed by atoms with Crippen LogP contribution in [0.3, 0.4) is 0 Å². The molecule has 3 saturated carbocycles. The lowest BCUT2D eigenvalue weighted by atomic mass is 9.61. The minimum Gasteiger partial charge on any atom is -0.0625 e. The molecule has 0 aromatic heterocycles. The zero-order chi connectivity index (χ0) is 8.89. The summed E-state index contributed by atoms with van der Waals surface area (Å²) in [5, 5.41) is 0. The molecule has 0 aromatic carbocycles. The van der Waals surface area contributed by atoms with Gasteiger partial charge in [0.05, 0.1) is 0 Å². The fraction of sp³-hybridized carbons (Fsp3) is 1.00.